The summed E-state index contributed by atoms with van der Waals surface area (Å²) >= 11 is 0. The van der Waals surface area contributed by atoms with Crippen molar-refractivity contribution < 1.29 is 9.53 Å². The Kier molecular flexibility index (Phi) is 6.04. The molecule has 1 amide bonds. The molecule has 0 bridgehead atoms. The van der Waals surface area contributed by atoms with E-state index in [1.165, 1.54) is 0 Å². The van der Waals surface area contributed by atoms with E-state index in [2.05, 4.69) is 9.97 Å². The topological polar surface area (TPSA) is 81.3 Å². The molecule has 2 N–H and O–H groups in total. The van der Waals surface area contributed by atoms with Gasteiger partial charge in [0.05, 0.1) is 31.6 Å². The van der Waals surface area contributed by atoms with Crippen molar-refractivity contribution >= 4 is 11.7 Å². The Labute approximate surface area is 154 Å². The number of ether oxygens (including phenoxy) is 1. The van der Waals surface area contributed by atoms with Crippen molar-refractivity contribution in [3.8, 4) is 5.75 Å². The van der Waals surface area contributed by atoms with Gasteiger partial charge in [0, 0.05) is 13.1 Å². The first kappa shape index (κ1) is 18.2. The van der Waals surface area contributed by atoms with Gasteiger partial charge in [-0.3, -0.25) is 9.78 Å². The molecule has 6 heteroatoms. The van der Waals surface area contributed by atoms with E-state index in [1.54, 1.807) is 19.5 Å². The second kappa shape index (κ2) is 8.65. The number of benzene rings is 1. The van der Waals surface area contributed by atoms with Crippen molar-refractivity contribution in [2.75, 3.05) is 25.9 Å². The first-order valence-corrected chi connectivity index (χ1v) is 9.11. The molecular formula is C20H26N4O2. The minimum atomic E-state index is 0.197. The molecule has 3 rings (SSSR count). The van der Waals surface area contributed by atoms with E-state index in [-0.39, 0.29) is 5.91 Å². The highest BCUT2D eigenvalue weighted by atomic mass is 16.5. The molecule has 26 heavy (non-hydrogen) atoms. The molecular weight excluding hydrogens is 328 g/mol. The van der Waals surface area contributed by atoms with Crippen LogP contribution in [-0.2, 0) is 17.6 Å². The summed E-state index contributed by atoms with van der Waals surface area (Å²) in [5.41, 5.74) is 7.59. The van der Waals surface area contributed by atoms with Crippen molar-refractivity contribution in [2.24, 2.45) is 5.92 Å². The number of amides is 1. The van der Waals surface area contributed by atoms with E-state index >= 15 is 0 Å². The average molecular weight is 354 g/mol. The largest absolute Gasteiger partial charge is 0.497 e. The summed E-state index contributed by atoms with van der Waals surface area (Å²) in [5.74, 6) is 1.99. The number of likely N-dealkylation sites (tertiary alicyclic amines) is 1. The Balaban J connectivity index is 1.52. The van der Waals surface area contributed by atoms with Gasteiger partial charge in [-0.1, -0.05) is 12.1 Å². The molecule has 0 spiro atoms. The van der Waals surface area contributed by atoms with Crippen molar-refractivity contribution in [3.63, 3.8) is 0 Å². The van der Waals surface area contributed by atoms with Crippen LogP contribution >= 0.6 is 0 Å². The van der Waals surface area contributed by atoms with Crippen LogP contribution in [0.1, 0.15) is 30.5 Å². The van der Waals surface area contributed by atoms with E-state index in [0.29, 0.717) is 18.2 Å². The maximum absolute atomic E-state index is 12.6. The van der Waals surface area contributed by atoms with Crippen LogP contribution in [0.2, 0.25) is 0 Å². The number of methoxy groups -OCH3 is 1. The van der Waals surface area contributed by atoms with Crippen LogP contribution in [-0.4, -0.2) is 41.0 Å². The second-order valence-corrected chi connectivity index (χ2v) is 6.84. The fourth-order valence-electron chi connectivity index (χ4n) is 3.41. The molecule has 1 aliphatic heterocycles. The number of hydrogen-bond donors (Lipinski definition) is 1. The molecule has 1 saturated heterocycles. The normalized spacial score (nSPS) is 17.6. The lowest BCUT2D eigenvalue weighted by molar-refractivity contribution is -0.130. The van der Waals surface area contributed by atoms with Gasteiger partial charge in [-0.15, -0.1) is 0 Å². The molecule has 0 saturated carbocycles. The quantitative estimate of drug-likeness (QED) is 0.892. The van der Waals surface area contributed by atoms with Crippen LogP contribution in [0.15, 0.2) is 36.7 Å². The van der Waals surface area contributed by atoms with E-state index in [9.17, 15) is 4.79 Å². The third-order valence-electron chi connectivity index (χ3n) is 4.94. The molecule has 6 nitrogen and oxygen atoms in total. The number of anilines is 1. The Morgan fingerprint density at radius 1 is 1.19 bits per heavy atom. The van der Waals surface area contributed by atoms with Crippen LogP contribution < -0.4 is 10.5 Å². The highest BCUT2D eigenvalue weighted by Crippen LogP contribution is 2.22. The summed E-state index contributed by atoms with van der Waals surface area (Å²) in [6.45, 7) is 1.64. The summed E-state index contributed by atoms with van der Waals surface area (Å²) < 4.78 is 5.16. The van der Waals surface area contributed by atoms with Crippen LogP contribution in [0, 0.1) is 5.92 Å². The first-order chi connectivity index (χ1) is 12.6. The van der Waals surface area contributed by atoms with Crippen LogP contribution in [0.5, 0.6) is 5.75 Å². The molecule has 1 atom stereocenters. The van der Waals surface area contributed by atoms with Crippen LogP contribution in [0.25, 0.3) is 0 Å². The Morgan fingerprint density at radius 3 is 2.69 bits per heavy atom. The maximum atomic E-state index is 12.6. The molecule has 0 unspecified atom stereocenters. The van der Waals surface area contributed by atoms with Gasteiger partial charge in [0.15, 0.2) is 0 Å². The number of carbonyl (C=O) groups is 1. The van der Waals surface area contributed by atoms with Gasteiger partial charge in [0.25, 0.3) is 0 Å². The van der Waals surface area contributed by atoms with Gasteiger partial charge in [0.1, 0.15) is 11.6 Å². The summed E-state index contributed by atoms with van der Waals surface area (Å²) in [5, 5.41) is 0. The van der Waals surface area contributed by atoms with Crippen molar-refractivity contribution in [2.45, 2.75) is 32.1 Å². The number of nitrogen functional groups attached to an aromatic ring is 1. The third kappa shape index (κ3) is 4.94. The number of carbonyl (C=O) groups excluding carboxylic acids is 1. The highest BCUT2D eigenvalue weighted by Gasteiger charge is 2.21. The van der Waals surface area contributed by atoms with Gasteiger partial charge < -0.3 is 15.4 Å². The smallest absolute Gasteiger partial charge is 0.226 e. The minimum Gasteiger partial charge on any atom is -0.497 e. The summed E-state index contributed by atoms with van der Waals surface area (Å²) in [6, 6.07) is 7.71. The van der Waals surface area contributed by atoms with Gasteiger partial charge in [-0.25, -0.2) is 4.98 Å². The number of nitrogens with two attached hydrogens (primary N) is 1. The maximum Gasteiger partial charge on any atom is 0.226 e. The fourth-order valence-corrected chi connectivity index (χ4v) is 3.41. The zero-order valence-electron chi connectivity index (χ0n) is 15.2. The molecule has 1 aromatic heterocycles. The summed E-state index contributed by atoms with van der Waals surface area (Å²) in [6.07, 6.45) is 7.84. The number of aromatic nitrogens is 2. The zero-order valence-corrected chi connectivity index (χ0v) is 15.2. The van der Waals surface area contributed by atoms with E-state index in [4.69, 9.17) is 10.5 Å². The summed E-state index contributed by atoms with van der Waals surface area (Å²) in [4.78, 5) is 23.1. The second-order valence-electron chi connectivity index (χ2n) is 6.84. The van der Waals surface area contributed by atoms with Crippen LogP contribution in [0.3, 0.4) is 0 Å². The van der Waals surface area contributed by atoms with Gasteiger partial charge >= 0.3 is 0 Å². The summed E-state index contributed by atoms with van der Waals surface area (Å²) in [7, 11) is 1.64. The molecule has 2 aromatic rings. The molecule has 1 aliphatic rings. The number of nitrogens with zero attached hydrogens (tertiary/aromatic N) is 3. The lowest BCUT2D eigenvalue weighted by Crippen LogP contribution is -2.33. The highest BCUT2D eigenvalue weighted by molar-refractivity contribution is 5.78. The van der Waals surface area contributed by atoms with Crippen LogP contribution in [0.4, 0.5) is 5.82 Å². The lowest BCUT2D eigenvalue weighted by atomic mass is 9.95. The Morgan fingerprint density at radius 2 is 2.00 bits per heavy atom. The minimum absolute atomic E-state index is 0.197. The van der Waals surface area contributed by atoms with E-state index < -0.39 is 0 Å². The predicted molar refractivity (Wildman–Crippen MR) is 101 cm³/mol. The lowest BCUT2D eigenvalue weighted by Gasteiger charge is -2.21. The third-order valence-corrected chi connectivity index (χ3v) is 4.94. The standard InChI is InChI=1S/C20H26N4O2/c1-26-18-6-4-16(5-7-18)12-20(25)24-9-2-3-15(8-10-24)11-17-13-23-19(21)14-22-17/h4-7,13-15H,2-3,8-12H2,1H3,(H2,21,23)/t15-/m0/s1. The first-order valence-electron chi connectivity index (χ1n) is 9.11. The molecule has 1 aromatic carbocycles. The Bertz CT molecular complexity index is 716. The van der Waals surface area contributed by atoms with Crippen molar-refractivity contribution in [3.05, 3.63) is 47.9 Å². The van der Waals surface area contributed by atoms with Gasteiger partial charge in [-0.2, -0.15) is 0 Å². The van der Waals surface area contributed by atoms with Crippen molar-refractivity contribution in [1.82, 2.24) is 14.9 Å². The monoisotopic (exact) mass is 354 g/mol. The zero-order chi connectivity index (χ0) is 18.4. The fraction of sp³-hybridized carbons (Fsp3) is 0.450. The SMILES string of the molecule is COc1ccc(CC(=O)N2CCC[C@H](Cc3cnc(N)cn3)CC2)cc1. The number of rotatable bonds is 5. The van der Waals surface area contributed by atoms with Crippen molar-refractivity contribution in [1.29, 1.82) is 0 Å². The van der Waals surface area contributed by atoms with E-state index in [0.717, 1.165) is 55.8 Å². The molecule has 2 heterocycles. The molecule has 1 fully saturated rings. The van der Waals surface area contributed by atoms with E-state index in [1.807, 2.05) is 29.2 Å². The molecule has 138 valence electrons. The predicted octanol–water partition coefficient (Wildman–Crippen LogP) is 2.48. The Hall–Kier alpha value is -2.63. The number of hydrogen-bond acceptors (Lipinski definition) is 5. The molecule has 0 aliphatic carbocycles. The van der Waals surface area contributed by atoms with Gasteiger partial charge in [0.2, 0.25) is 5.91 Å². The molecule has 0 radical (unpaired) electrons. The average Bonchev–Trinajstić information content (AvgIpc) is 2.90. The van der Waals surface area contributed by atoms with Gasteiger partial charge in [-0.05, 0) is 49.3 Å².